The second-order valence-electron chi connectivity index (χ2n) is 5.81. The smallest absolute Gasteiger partial charge is 0.332 e. The van der Waals surface area contributed by atoms with Crippen LogP contribution in [0.15, 0.2) is 16.5 Å². The van der Waals surface area contributed by atoms with Crippen molar-refractivity contribution in [3.05, 3.63) is 23.7 Å². The summed E-state index contributed by atoms with van der Waals surface area (Å²) in [5.41, 5.74) is 0. The molecule has 3 rings (SSSR count). The molecule has 0 bridgehead atoms. The summed E-state index contributed by atoms with van der Waals surface area (Å²) in [5.74, 6) is 0.359. The maximum atomic E-state index is 12.7. The highest BCUT2D eigenvalue weighted by atomic mass is 16.5. The number of amides is 1. The minimum atomic E-state index is -1.02. The van der Waals surface area contributed by atoms with Gasteiger partial charge in [0.05, 0.1) is 13.2 Å². The van der Waals surface area contributed by atoms with Gasteiger partial charge in [-0.2, -0.15) is 0 Å². The number of hydrogen-bond donors (Lipinski definition) is 1. The van der Waals surface area contributed by atoms with E-state index in [2.05, 4.69) is 0 Å². The average molecular weight is 323 g/mol. The van der Waals surface area contributed by atoms with Crippen LogP contribution in [0.1, 0.15) is 37.3 Å². The van der Waals surface area contributed by atoms with E-state index in [-0.39, 0.29) is 11.9 Å². The van der Waals surface area contributed by atoms with Crippen LogP contribution in [0.5, 0.6) is 0 Å². The fourth-order valence-electron chi connectivity index (χ4n) is 3.05. The fraction of sp³-hybridized carbons (Fsp3) is 0.625. The molecule has 23 heavy (non-hydrogen) atoms. The molecule has 7 nitrogen and oxygen atoms in total. The van der Waals surface area contributed by atoms with Gasteiger partial charge in [0.15, 0.2) is 6.10 Å². The molecule has 0 aliphatic carbocycles. The zero-order valence-electron chi connectivity index (χ0n) is 13.1. The van der Waals surface area contributed by atoms with Gasteiger partial charge in [0.25, 0.3) is 5.91 Å². The Bertz CT molecular complexity index is 583. The van der Waals surface area contributed by atoms with Crippen molar-refractivity contribution >= 4 is 11.9 Å². The maximum absolute atomic E-state index is 12.7. The Morgan fingerprint density at radius 1 is 1.30 bits per heavy atom. The number of aliphatic carboxylic acids is 1. The predicted octanol–water partition coefficient (Wildman–Crippen LogP) is 1.37. The summed E-state index contributed by atoms with van der Waals surface area (Å²) in [6, 6.07) is 3.48. The molecule has 0 saturated carbocycles. The Kier molecular flexibility index (Phi) is 4.68. The predicted molar refractivity (Wildman–Crippen MR) is 78.9 cm³/mol. The lowest BCUT2D eigenvalue weighted by atomic mass is 10.1. The molecular formula is C16H21NO6. The van der Waals surface area contributed by atoms with Crippen LogP contribution in [-0.2, 0) is 25.5 Å². The van der Waals surface area contributed by atoms with Crippen molar-refractivity contribution in [3.63, 3.8) is 0 Å². The van der Waals surface area contributed by atoms with Crippen LogP contribution in [0.25, 0.3) is 0 Å². The number of hydrogen-bond acceptors (Lipinski definition) is 5. The van der Waals surface area contributed by atoms with Crippen molar-refractivity contribution in [2.45, 2.75) is 44.4 Å². The number of morpholine rings is 1. The second-order valence-corrected chi connectivity index (χ2v) is 5.81. The molecule has 2 saturated heterocycles. The zero-order chi connectivity index (χ0) is 16.4. The van der Waals surface area contributed by atoms with Gasteiger partial charge >= 0.3 is 5.97 Å². The molecule has 0 spiro atoms. The molecule has 126 valence electrons. The van der Waals surface area contributed by atoms with Gasteiger partial charge in [0, 0.05) is 13.0 Å². The molecule has 0 radical (unpaired) electrons. The van der Waals surface area contributed by atoms with Gasteiger partial charge in [-0.1, -0.05) is 6.92 Å². The van der Waals surface area contributed by atoms with Crippen molar-refractivity contribution in [1.82, 2.24) is 4.90 Å². The molecule has 0 aromatic carbocycles. The number of nitrogens with zero attached hydrogens (tertiary/aromatic N) is 1. The van der Waals surface area contributed by atoms with Gasteiger partial charge in [-0.25, -0.2) is 4.79 Å². The van der Waals surface area contributed by atoms with Crippen molar-refractivity contribution in [2.75, 3.05) is 19.8 Å². The van der Waals surface area contributed by atoms with Crippen molar-refractivity contribution in [2.24, 2.45) is 0 Å². The first-order valence-corrected chi connectivity index (χ1v) is 7.95. The zero-order valence-corrected chi connectivity index (χ0v) is 13.1. The van der Waals surface area contributed by atoms with Gasteiger partial charge in [0.1, 0.15) is 23.7 Å². The highest BCUT2D eigenvalue weighted by molar-refractivity contribution is 5.83. The Labute approximate surface area is 134 Å². The second kappa shape index (κ2) is 6.72. The molecule has 1 N–H and O–H groups in total. The summed E-state index contributed by atoms with van der Waals surface area (Å²) in [5, 5.41) is 9.00. The molecule has 7 heteroatoms. The van der Waals surface area contributed by atoms with E-state index in [9.17, 15) is 9.59 Å². The number of carboxylic acid groups (broad SMARTS) is 1. The lowest BCUT2D eigenvalue weighted by Crippen LogP contribution is -2.47. The summed E-state index contributed by atoms with van der Waals surface area (Å²) in [7, 11) is 0. The lowest BCUT2D eigenvalue weighted by molar-refractivity contribution is -0.159. The van der Waals surface area contributed by atoms with E-state index in [0.29, 0.717) is 38.4 Å². The summed E-state index contributed by atoms with van der Waals surface area (Å²) in [4.78, 5) is 25.4. The summed E-state index contributed by atoms with van der Waals surface area (Å²) in [6.45, 7) is 3.28. The normalized spacial score (nSPS) is 28.0. The Morgan fingerprint density at radius 2 is 2.09 bits per heavy atom. The van der Waals surface area contributed by atoms with E-state index in [4.69, 9.17) is 19.0 Å². The Hall–Kier alpha value is -1.86. The van der Waals surface area contributed by atoms with Crippen molar-refractivity contribution in [1.29, 1.82) is 0 Å². The van der Waals surface area contributed by atoms with E-state index in [1.54, 1.807) is 4.90 Å². The minimum Gasteiger partial charge on any atom is -0.479 e. The van der Waals surface area contributed by atoms with E-state index in [0.717, 1.165) is 12.2 Å². The fourth-order valence-corrected chi connectivity index (χ4v) is 3.05. The monoisotopic (exact) mass is 323 g/mol. The van der Waals surface area contributed by atoms with Crippen LogP contribution in [0.4, 0.5) is 0 Å². The molecule has 2 aliphatic heterocycles. The van der Waals surface area contributed by atoms with Gasteiger partial charge in [-0.3, -0.25) is 4.79 Å². The van der Waals surface area contributed by atoms with E-state index in [1.165, 1.54) is 0 Å². The minimum absolute atomic E-state index is 0.184. The molecule has 1 aromatic rings. The van der Waals surface area contributed by atoms with Crippen LogP contribution in [0.2, 0.25) is 0 Å². The van der Waals surface area contributed by atoms with Crippen LogP contribution in [0, 0.1) is 0 Å². The maximum Gasteiger partial charge on any atom is 0.332 e. The molecule has 3 heterocycles. The summed E-state index contributed by atoms with van der Waals surface area (Å²) in [6.07, 6.45) is -0.0103. The van der Waals surface area contributed by atoms with Gasteiger partial charge in [-0.05, 0) is 25.0 Å². The van der Waals surface area contributed by atoms with Gasteiger partial charge in [0.2, 0.25) is 0 Å². The molecule has 2 fully saturated rings. The standard InChI is InChI=1S/C16H21NO6/c1-2-10-3-4-12(22-10)11-9-21-8-7-17(11)15(18)13-5-6-14(23-13)16(19)20/h3-4,11,13-14H,2,5-9H2,1H3,(H,19,20)/t11?,13-,14+/m0/s1. The SMILES string of the molecule is CCc1ccc(C2COCCN2C(=O)[C@@H]2CC[C@H](C(=O)O)O2)o1. The van der Waals surface area contributed by atoms with E-state index in [1.807, 2.05) is 19.1 Å². The average Bonchev–Trinajstić information content (AvgIpc) is 3.23. The van der Waals surface area contributed by atoms with Crippen molar-refractivity contribution < 1.29 is 28.6 Å². The molecule has 1 aromatic heterocycles. The third-order valence-electron chi connectivity index (χ3n) is 4.34. The molecular weight excluding hydrogens is 302 g/mol. The first kappa shape index (κ1) is 16.0. The summed E-state index contributed by atoms with van der Waals surface area (Å²) >= 11 is 0. The van der Waals surface area contributed by atoms with Gasteiger partial charge < -0.3 is 23.9 Å². The highest BCUT2D eigenvalue weighted by Crippen LogP contribution is 2.30. The van der Waals surface area contributed by atoms with E-state index >= 15 is 0 Å². The summed E-state index contributed by atoms with van der Waals surface area (Å²) < 4.78 is 16.6. The lowest BCUT2D eigenvalue weighted by Gasteiger charge is -2.35. The topological polar surface area (TPSA) is 89.2 Å². The number of carboxylic acids is 1. The number of aryl methyl sites for hydroxylation is 1. The van der Waals surface area contributed by atoms with Crippen LogP contribution >= 0.6 is 0 Å². The third kappa shape index (κ3) is 3.25. The molecule has 3 atom stereocenters. The number of furan rings is 1. The van der Waals surface area contributed by atoms with Crippen molar-refractivity contribution in [3.8, 4) is 0 Å². The largest absolute Gasteiger partial charge is 0.479 e. The quantitative estimate of drug-likeness (QED) is 0.900. The number of carbonyl (C=O) groups excluding carboxylic acids is 1. The van der Waals surface area contributed by atoms with Crippen LogP contribution in [0.3, 0.4) is 0 Å². The first-order valence-electron chi connectivity index (χ1n) is 7.95. The molecule has 2 aliphatic rings. The number of ether oxygens (including phenoxy) is 2. The highest BCUT2D eigenvalue weighted by Gasteiger charge is 2.40. The Morgan fingerprint density at radius 3 is 2.74 bits per heavy atom. The number of rotatable bonds is 4. The van der Waals surface area contributed by atoms with Gasteiger partial charge in [-0.15, -0.1) is 0 Å². The van der Waals surface area contributed by atoms with Crippen LogP contribution < -0.4 is 0 Å². The first-order chi connectivity index (χ1) is 11.1. The third-order valence-corrected chi connectivity index (χ3v) is 4.34. The van der Waals surface area contributed by atoms with Crippen LogP contribution in [-0.4, -0.2) is 53.8 Å². The number of carbonyl (C=O) groups is 2. The molecule has 1 amide bonds. The van der Waals surface area contributed by atoms with E-state index < -0.39 is 18.2 Å². The Balaban J connectivity index is 1.73. The molecule has 1 unspecified atom stereocenters.